The largest absolute Gasteiger partial charge is 0.351 e. The maximum Gasteiger partial charge on any atom is 0.251 e. The first-order chi connectivity index (χ1) is 15.0. The predicted octanol–water partition coefficient (Wildman–Crippen LogP) is 2.35. The van der Waals surface area contributed by atoms with Crippen molar-refractivity contribution in [1.82, 2.24) is 15.1 Å². The maximum absolute atomic E-state index is 12.5. The third kappa shape index (κ3) is 5.64. The summed E-state index contributed by atoms with van der Waals surface area (Å²) in [7, 11) is 0. The number of nitrogens with zero attached hydrogens (tertiary/aromatic N) is 2. The summed E-state index contributed by atoms with van der Waals surface area (Å²) in [6.07, 6.45) is 5.44. The molecule has 2 aliphatic carbocycles. The van der Waals surface area contributed by atoms with Crippen LogP contribution < -0.4 is 10.6 Å². The highest BCUT2D eigenvalue weighted by Gasteiger charge is 2.39. The number of hydrogen-bond donors (Lipinski definition) is 2. The Morgan fingerprint density at radius 3 is 2.26 bits per heavy atom. The Labute approximate surface area is 184 Å². The molecule has 168 valence electrons. The topological polar surface area (TPSA) is 81.8 Å². The number of amides is 3. The van der Waals surface area contributed by atoms with E-state index in [4.69, 9.17) is 0 Å². The molecule has 7 nitrogen and oxygen atoms in total. The molecule has 0 bridgehead atoms. The monoisotopic (exact) mass is 426 g/mol. The number of hydrogen-bond acceptors (Lipinski definition) is 4. The van der Waals surface area contributed by atoms with E-state index in [1.807, 2.05) is 4.90 Å². The number of anilines is 1. The van der Waals surface area contributed by atoms with E-state index in [1.54, 1.807) is 24.3 Å². The molecule has 2 saturated carbocycles. The van der Waals surface area contributed by atoms with Crippen molar-refractivity contribution in [2.75, 3.05) is 44.6 Å². The van der Waals surface area contributed by atoms with Gasteiger partial charge in [0.25, 0.3) is 5.91 Å². The van der Waals surface area contributed by atoms with Crippen LogP contribution in [0.15, 0.2) is 24.3 Å². The minimum Gasteiger partial charge on any atom is -0.351 e. The zero-order valence-corrected chi connectivity index (χ0v) is 18.4. The summed E-state index contributed by atoms with van der Waals surface area (Å²) in [5.74, 6) is 1.16. The van der Waals surface area contributed by atoms with Gasteiger partial charge >= 0.3 is 0 Å². The van der Waals surface area contributed by atoms with Crippen LogP contribution in [-0.4, -0.2) is 66.8 Å². The van der Waals surface area contributed by atoms with E-state index in [-0.39, 0.29) is 23.7 Å². The number of carbonyl (C=O) groups is 3. The van der Waals surface area contributed by atoms with Crippen molar-refractivity contribution in [3.05, 3.63) is 29.8 Å². The van der Waals surface area contributed by atoms with Crippen molar-refractivity contribution in [2.24, 2.45) is 17.8 Å². The Kier molecular flexibility index (Phi) is 6.90. The van der Waals surface area contributed by atoms with Gasteiger partial charge in [0.1, 0.15) is 0 Å². The molecule has 31 heavy (non-hydrogen) atoms. The van der Waals surface area contributed by atoms with Gasteiger partial charge in [0.2, 0.25) is 11.8 Å². The summed E-state index contributed by atoms with van der Waals surface area (Å²) >= 11 is 0. The average molecular weight is 427 g/mol. The lowest BCUT2D eigenvalue weighted by Crippen LogP contribution is -2.51. The van der Waals surface area contributed by atoms with Crippen LogP contribution in [0.4, 0.5) is 5.69 Å². The lowest BCUT2D eigenvalue weighted by atomic mass is 10.1. The smallest absolute Gasteiger partial charge is 0.251 e. The molecule has 1 aromatic rings. The highest BCUT2D eigenvalue weighted by Crippen LogP contribution is 2.38. The summed E-state index contributed by atoms with van der Waals surface area (Å²) in [5, 5.41) is 5.88. The highest BCUT2D eigenvalue weighted by molar-refractivity contribution is 5.97. The Morgan fingerprint density at radius 1 is 1.00 bits per heavy atom. The van der Waals surface area contributed by atoms with Gasteiger partial charge in [-0.3, -0.25) is 19.3 Å². The normalized spacial score (nSPS) is 24.1. The Bertz CT molecular complexity index is 796. The van der Waals surface area contributed by atoms with Crippen molar-refractivity contribution in [1.29, 1.82) is 0 Å². The van der Waals surface area contributed by atoms with Gasteiger partial charge in [-0.05, 0) is 49.4 Å². The van der Waals surface area contributed by atoms with Gasteiger partial charge in [-0.2, -0.15) is 0 Å². The fourth-order valence-electron chi connectivity index (χ4n) is 4.68. The number of benzene rings is 1. The van der Waals surface area contributed by atoms with E-state index in [0.29, 0.717) is 23.9 Å². The fraction of sp³-hybridized carbons (Fsp3) is 0.625. The van der Waals surface area contributed by atoms with Gasteiger partial charge in [0.05, 0.1) is 0 Å². The van der Waals surface area contributed by atoms with Crippen molar-refractivity contribution in [3.63, 3.8) is 0 Å². The first-order valence-corrected chi connectivity index (χ1v) is 11.7. The molecule has 0 aromatic heterocycles. The van der Waals surface area contributed by atoms with Gasteiger partial charge in [0, 0.05) is 62.4 Å². The van der Waals surface area contributed by atoms with Crippen LogP contribution in [0.1, 0.15) is 49.4 Å². The molecule has 2 N–H and O–H groups in total. The number of piperazine rings is 1. The van der Waals surface area contributed by atoms with Crippen LogP contribution in [-0.2, 0) is 9.59 Å². The van der Waals surface area contributed by atoms with E-state index in [2.05, 4.69) is 22.5 Å². The van der Waals surface area contributed by atoms with E-state index >= 15 is 0 Å². The van der Waals surface area contributed by atoms with Crippen LogP contribution in [0.5, 0.6) is 0 Å². The van der Waals surface area contributed by atoms with Crippen LogP contribution in [0, 0.1) is 17.8 Å². The standard InChI is InChI=1S/C24H34N4O3/c1-17-16-21(17)23(30)26-20-8-6-18(7-9-20)22(29)25-10-11-27-12-14-28(15-13-27)24(31)19-4-2-3-5-19/h6-9,17,19,21H,2-5,10-16H2,1H3,(H,25,29)(H,26,30). The first kappa shape index (κ1) is 21.8. The van der Waals surface area contributed by atoms with Crippen LogP contribution >= 0.6 is 0 Å². The molecule has 1 heterocycles. The minimum absolute atomic E-state index is 0.0646. The molecule has 1 aromatic carbocycles. The average Bonchev–Trinajstić information content (AvgIpc) is 3.27. The third-order valence-electron chi connectivity index (χ3n) is 6.96. The predicted molar refractivity (Wildman–Crippen MR) is 120 cm³/mol. The minimum atomic E-state index is -0.108. The SMILES string of the molecule is CC1CC1C(=O)Nc1ccc(C(=O)NCCN2CCN(C(=O)C3CCCC3)CC2)cc1. The lowest BCUT2D eigenvalue weighted by Gasteiger charge is -2.36. The molecule has 4 rings (SSSR count). The van der Waals surface area contributed by atoms with Crippen LogP contribution in [0.25, 0.3) is 0 Å². The van der Waals surface area contributed by atoms with Crippen molar-refractivity contribution >= 4 is 23.4 Å². The molecule has 0 radical (unpaired) electrons. The van der Waals surface area contributed by atoms with E-state index in [9.17, 15) is 14.4 Å². The van der Waals surface area contributed by atoms with E-state index in [0.717, 1.165) is 57.7 Å². The Morgan fingerprint density at radius 2 is 1.65 bits per heavy atom. The molecule has 1 saturated heterocycles. The molecule has 3 fully saturated rings. The fourth-order valence-corrected chi connectivity index (χ4v) is 4.68. The molecule has 3 aliphatic rings. The second-order valence-corrected chi connectivity index (χ2v) is 9.29. The quantitative estimate of drug-likeness (QED) is 0.701. The summed E-state index contributed by atoms with van der Waals surface area (Å²) in [6, 6.07) is 7.05. The molecule has 3 amide bonds. The zero-order chi connectivity index (χ0) is 21.8. The van der Waals surface area contributed by atoms with Crippen molar-refractivity contribution in [3.8, 4) is 0 Å². The van der Waals surface area contributed by atoms with Gasteiger partial charge in [0.15, 0.2) is 0 Å². The zero-order valence-electron chi connectivity index (χ0n) is 18.4. The van der Waals surface area contributed by atoms with Gasteiger partial charge in [-0.1, -0.05) is 19.8 Å². The Balaban J connectivity index is 1.14. The second kappa shape index (κ2) is 9.81. The first-order valence-electron chi connectivity index (χ1n) is 11.7. The van der Waals surface area contributed by atoms with Crippen molar-refractivity contribution < 1.29 is 14.4 Å². The molecule has 7 heteroatoms. The van der Waals surface area contributed by atoms with E-state index < -0.39 is 0 Å². The summed E-state index contributed by atoms with van der Waals surface area (Å²) in [4.78, 5) is 41.3. The van der Waals surface area contributed by atoms with E-state index in [1.165, 1.54) is 12.8 Å². The van der Waals surface area contributed by atoms with Crippen LogP contribution in [0.2, 0.25) is 0 Å². The molecular formula is C24H34N4O3. The van der Waals surface area contributed by atoms with Crippen LogP contribution in [0.3, 0.4) is 0 Å². The Hall–Kier alpha value is -2.41. The third-order valence-corrected chi connectivity index (χ3v) is 6.96. The summed E-state index contributed by atoms with van der Waals surface area (Å²) < 4.78 is 0. The molecule has 2 unspecified atom stereocenters. The molecule has 1 aliphatic heterocycles. The van der Waals surface area contributed by atoms with Gasteiger partial charge in [-0.25, -0.2) is 0 Å². The molecule has 0 spiro atoms. The van der Waals surface area contributed by atoms with Crippen molar-refractivity contribution in [2.45, 2.75) is 39.0 Å². The van der Waals surface area contributed by atoms with Gasteiger partial charge < -0.3 is 15.5 Å². The highest BCUT2D eigenvalue weighted by atomic mass is 16.2. The maximum atomic E-state index is 12.5. The number of carbonyl (C=O) groups excluding carboxylic acids is 3. The molecular weight excluding hydrogens is 392 g/mol. The number of rotatable bonds is 7. The van der Waals surface area contributed by atoms with Gasteiger partial charge in [-0.15, -0.1) is 0 Å². The lowest BCUT2D eigenvalue weighted by molar-refractivity contribution is -0.137. The number of nitrogens with one attached hydrogen (secondary N) is 2. The molecule has 2 atom stereocenters. The summed E-state index contributed by atoms with van der Waals surface area (Å²) in [5.41, 5.74) is 1.32. The summed E-state index contributed by atoms with van der Waals surface area (Å²) in [6.45, 7) is 6.74. The second-order valence-electron chi connectivity index (χ2n) is 9.29.